The molecule has 5 rings (SSSR count). The van der Waals surface area contributed by atoms with Gasteiger partial charge in [0, 0.05) is 12.6 Å². The number of fused-ring (bicyclic) bond motifs is 2. The fourth-order valence-electron chi connectivity index (χ4n) is 6.05. The summed E-state index contributed by atoms with van der Waals surface area (Å²) >= 11 is 1.66. The van der Waals surface area contributed by atoms with Gasteiger partial charge in [0.05, 0.1) is 10.6 Å². The summed E-state index contributed by atoms with van der Waals surface area (Å²) in [5.74, 6) is 0.114. The Labute approximate surface area is 188 Å². The number of likely N-dealkylation sites (tertiary alicyclic amines) is 1. The lowest BCUT2D eigenvalue weighted by molar-refractivity contribution is 0.0699. The third kappa shape index (κ3) is 3.63. The Morgan fingerprint density at radius 2 is 1.94 bits per heavy atom. The standard InChI is InChI=1S/C26H31N3OS/c1-17-8-9-18(2)21(11-17)29-22(12-20(27-29)23-7-6-10-31-23)24(30)28-16-26(5)14-19(28)13-25(3,4)15-26/h6-12,19H,13-16H2,1-5H3. The molecule has 1 amide bonds. The lowest BCUT2D eigenvalue weighted by atomic mass is 9.65. The zero-order valence-corrected chi connectivity index (χ0v) is 19.9. The molecule has 2 aromatic heterocycles. The molecule has 31 heavy (non-hydrogen) atoms. The Bertz CT molecular complexity index is 1140. The summed E-state index contributed by atoms with van der Waals surface area (Å²) in [6.45, 7) is 12.1. The van der Waals surface area contributed by atoms with Crippen LogP contribution in [0.5, 0.6) is 0 Å². The van der Waals surface area contributed by atoms with E-state index in [2.05, 4.69) is 69.2 Å². The molecule has 0 spiro atoms. The van der Waals surface area contributed by atoms with Crippen LogP contribution < -0.4 is 0 Å². The molecule has 2 bridgehead atoms. The topological polar surface area (TPSA) is 38.1 Å². The molecule has 2 fully saturated rings. The van der Waals surface area contributed by atoms with Crippen LogP contribution >= 0.6 is 11.3 Å². The predicted molar refractivity (Wildman–Crippen MR) is 127 cm³/mol. The van der Waals surface area contributed by atoms with Crippen LogP contribution in [0.25, 0.3) is 16.3 Å². The maximum absolute atomic E-state index is 14.0. The van der Waals surface area contributed by atoms with E-state index in [-0.39, 0.29) is 16.7 Å². The van der Waals surface area contributed by atoms with E-state index in [1.165, 1.54) is 12.0 Å². The van der Waals surface area contributed by atoms with Crippen molar-refractivity contribution in [3.63, 3.8) is 0 Å². The minimum absolute atomic E-state index is 0.114. The van der Waals surface area contributed by atoms with Gasteiger partial charge < -0.3 is 4.90 Å². The molecule has 3 aromatic rings. The number of nitrogens with zero attached hydrogens (tertiary/aromatic N) is 3. The molecule has 4 nitrogen and oxygen atoms in total. The molecule has 1 aromatic carbocycles. The van der Waals surface area contributed by atoms with E-state index in [1.54, 1.807) is 11.3 Å². The number of thiophene rings is 1. The lowest BCUT2D eigenvalue weighted by Crippen LogP contribution is -2.38. The third-order valence-corrected chi connectivity index (χ3v) is 7.86. The van der Waals surface area contributed by atoms with Crippen LogP contribution in [0.2, 0.25) is 0 Å². The lowest BCUT2D eigenvalue weighted by Gasteiger charge is -2.39. The second kappa shape index (κ2) is 7.06. The summed E-state index contributed by atoms with van der Waals surface area (Å²) in [6.07, 6.45) is 3.36. The second-order valence-electron chi connectivity index (χ2n) is 10.7. The van der Waals surface area contributed by atoms with E-state index in [4.69, 9.17) is 5.10 Å². The number of aromatic nitrogens is 2. The third-order valence-electron chi connectivity index (χ3n) is 6.97. The van der Waals surface area contributed by atoms with Crippen LogP contribution in [0.15, 0.2) is 41.8 Å². The van der Waals surface area contributed by atoms with Gasteiger partial charge >= 0.3 is 0 Å². The van der Waals surface area contributed by atoms with Gasteiger partial charge in [0.15, 0.2) is 0 Å². The molecular weight excluding hydrogens is 402 g/mol. The fourth-order valence-corrected chi connectivity index (χ4v) is 6.74. The number of hydrogen-bond acceptors (Lipinski definition) is 3. The van der Waals surface area contributed by atoms with Gasteiger partial charge in [0.1, 0.15) is 11.4 Å². The van der Waals surface area contributed by atoms with Crippen molar-refractivity contribution in [1.82, 2.24) is 14.7 Å². The van der Waals surface area contributed by atoms with Crippen molar-refractivity contribution in [2.75, 3.05) is 6.54 Å². The summed E-state index contributed by atoms with van der Waals surface area (Å²) < 4.78 is 1.88. The van der Waals surface area contributed by atoms with Crippen molar-refractivity contribution in [2.24, 2.45) is 10.8 Å². The van der Waals surface area contributed by atoms with E-state index in [9.17, 15) is 4.79 Å². The monoisotopic (exact) mass is 433 g/mol. The first-order chi connectivity index (χ1) is 14.6. The number of benzene rings is 1. The van der Waals surface area contributed by atoms with Crippen LogP contribution in [0.1, 0.15) is 61.6 Å². The molecule has 0 N–H and O–H groups in total. The van der Waals surface area contributed by atoms with E-state index in [1.807, 2.05) is 16.8 Å². The number of aryl methyl sites for hydroxylation is 2. The summed E-state index contributed by atoms with van der Waals surface area (Å²) in [4.78, 5) is 17.2. The van der Waals surface area contributed by atoms with Gasteiger partial charge in [-0.15, -0.1) is 11.3 Å². The quantitative estimate of drug-likeness (QED) is 0.489. The van der Waals surface area contributed by atoms with Crippen molar-refractivity contribution in [2.45, 2.75) is 59.9 Å². The van der Waals surface area contributed by atoms with E-state index < -0.39 is 0 Å². The smallest absolute Gasteiger partial charge is 0.272 e. The summed E-state index contributed by atoms with van der Waals surface area (Å²) in [5.41, 5.74) is 5.30. The van der Waals surface area contributed by atoms with Gasteiger partial charge in [-0.25, -0.2) is 4.68 Å². The summed E-state index contributed by atoms with van der Waals surface area (Å²) in [6, 6.07) is 12.8. The molecule has 1 aliphatic carbocycles. The SMILES string of the molecule is Cc1ccc(C)c(-n2nc(-c3cccs3)cc2C(=O)N2CC3(C)CC2CC(C)(C)C3)c1. The maximum atomic E-state index is 14.0. The van der Waals surface area contributed by atoms with E-state index in [0.717, 1.165) is 41.2 Å². The average Bonchev–Trinajstić information content (AvgIpc) is 3.39. The molecule has 2 atom stereocenters. The van der Waals surface area contributed by atoms with Crippen LogP contribution in [0, 0.1) is 24.7 Å². The first kappa shape index (κ1) is 20.5. The molecule has 1 aliphatic heterocycles. The number of hydrogen-bond donors (Lipinski definition) is 0. The average molecular weight is 434 g/mol. The second-order valence-corrected chi connectivity index (χ2v) is 11.7. The number of amides is 1. The van der Waals surface area contributed by atoms with Crippen LogP contribution in [-0.4, -0.2) is 33.2 Å². The zero-order chi connectivity index (χ0) is 22.0. The molecular formula is C26H31N3OS. The van der Waals surface area contributed by atoms with Crippen molar-refractivity contribution < 1.29 is 4.79 Å². The molecule has 3 heterocycles. The van der Waals surface area contributed by atoms with Crippen LogP contribution in [-0.2, 0) is 0 Å². The summed E-state index contributed by atoms with van der Waals surface area (Å²) in [5, 5.41) is 6.98. The Kier molecular flexibility index (Phi) is 4.67. The van der Waals surface area contributed by atoms with Gasteiger partial charge in [-0.2, -0.15) is 5.10 Å². The van der Waals surface area contributed by atoms with Gasteiger partial charge in [-0.1, -0.05) is 39.0 Å². The zero-order valence-electron chi connectivity index (χ0n) is 19.1. The molecule has 1 saturated heterocycles. The Morgan fingerprint density at radius 3 is 2.68 bits per heavy atom. The minimum Gasteiger partial charge on any atom is -0.334 e. The highest BCUT2D eigenvalue weighted by Gasteiger charge is 2.51. The van der Waals surface area contributed by atoms with Gasteiger partial charge in [0.25, 0.3) is 5.91 Å². The highest BCUT2D eigenvalue weighted by molar-refractivity contribution is 7.13. The van der Waals surface area contributed by atoms with Gasteiger partial charge in [-0.05, 0) is 78.6 Å². The first-order valence-electron chi connectivity index (χ1n) is 11.2. The van der Waals surface area contributed by atoms with Crippen LogP contribution in [0.3, 0.4) is 0 Å². The van der Waals surface area contributed by atoms with Crippen molar-refractivity contribution in [3.8, 4) is 16.3 Å². The van der Waals surface area contributed by atoms with E-state index in [0.29, 0.717) is 11.7 Å². The predicted octanol–water partition coefficient (Wildman–Crippen LogP) is 6.26. The first-order valence-corrected chi connectivity index (χ1v) is 12.0. The Morgan fingerprint density at radius 1 is 1.13 bits per heavy atom. The highest BCUT2D eigenvalue weighted by atomic mass is 32.1. The minimum atomic E-state index is 0.114. The Hall–Kier alpha value is -2.40. The molecule has 5 heteroatoms. The highest BCUT2D eigenvalue weighted by Crippen LogP contribution is 2.52. The maximum Gasteiger partial charge on any atom is 0.272 e. The number of carbonyl (C=O) groups excluding carboxylic acids is 1. The molecule has 0 radical (unpaired) electrons. The van der Waals surface area contributed by atoms with Crippen molar-refractivity contribution >= 4 is 17.2 Å². The summed E-state index contributed by atoms with van der Waals surface area (Å²) in [7, 11) is 0. The normalized spacial score (nSPS) is 24.5. The molecule has 162 valence electrons. The Balaban J connectivity index is 1.60. The molecule has 2 aliphatic rings. The van der Waals surface area contributed by atoms with Gasteiger partial charge in [-0.3, -0.25) is 4.79 Å². The van der Waals surface area contributed by atoms with Gasteiger partial charge in [0.2, 0.25) is 0 Å². The number of rotatable bonds is 3. The van der Waals surface area contributed by atoms with E-state index >= 15 is 0 Å². The van der Waals surface area contributed by atoms with Crippen molar-refractivity contribution in [1.29, 1.82) is 0 Å². The molecule has 2 unspecified atom stereocenters. The fraction of sp³-hybridized carbons (Fsp3) is 0.462. The number of carbonyl (C=O) groups is 1. The largest absolute Gasteiger partial charge is 0.334 e. The van der Waals surface area contributed by atoms with Crippen LogP contribution in [0.4, 0.5) is 0 Å². The molecule has 1 saturated carbocycles. The van der Waals surface area contributed by atoms with Crippen molar-refractivity contribution in [3.05, 3.63) is 58.6 Å².